The zero-order valence-corrected chi connectivity index (χ0v) is 13.1. The number of hydrogen-bond acceptors (Lipinski definition) is 4. The molecular weight excluding hydrogens is 306 g/mol. The van der Waals surface area contributed by atoms with Gasteiger partial charge in [0.1, 0.15) is 0 Å². The number of nitrogens with one attached hydrogen (secondary N) is 2. The Morgan fingerprint density at radius 2 is 2.33 bits per heavy atom. The van der Waals surface area contributed by atoms with E-state index in [4.69, 9.17) is 12.2 Å². The summed E-state index contributed by atoms with van der Waals surface area (Å²) in [7, 11) is 1.62. The SMILES string of the molecule is Cn1c(=S)[nH]c2cc(C(=O)NC3CCSC3)ccc2c1=O. The predicted molar refractivity (Wildman–Crippen MR) is 87.6 cm³/mol. The van der Waals surface area contributed by atoms with Crippen LogP contribution in [0.2, 0.25) is 0 Å². The number of carbonyl (C=O) groups excluding carboxylic acids is 1. The van der Waals surface area contributed by atoms with E-state index in [1.807, 2.05) is 11.8 Å². The van der Waals surface area contributed by atoms with Crippen LogP contribution in [0.1, 0.15) is 16.8 Å². The van der Waals surface area contributed by atoms with Gasteiger partial charge in [-0.15, -0.1) is 0 Å². The summed E-state index contributed by atoms with van der Waals surface area (Å²) in [5, 5.41) is 3.54. The van der Waals surface area contributed by atoms with Crippen molar-refractivity contribution in [3.05, 3.63) is 38.9 Å². The van der Waals surface area contributed by atoms with Crippen molar-refractivity contribution in [2.75, 3.05) is 11.5 Å². The summed E-state index contributed by atoms with van der Waals surface area (Å²) in [5.74, 6) is 1.94. The first-order valence-electron chi connectivity index (χ1n) is 6.68. The van der Waals surface area contributed by atoms with Gasteiger partial charge < -0.3 is 10.3 Å². The largest absolute Gasteiger partial charge is 0.348 e. The number of fused-ring (bicyclic) bond motifs is 1. The average molecular weight is 321 g/mol. The minimum atomic E-state index is -0.159. The van der Waals surface area contributed by atoms with Gasteiger partial charge in [-0.2, -0.15) is 11.8 Å². The molecule has 1 aromatic carbocycles. The molecule has 1 atom stereocenters. The van der Waals surface area contributed by atoms with Gasteiger partial charge >= 0.3 is 0 Å². The third-order valence-corrected chi connectivity index (χ3v) is 5.17. The summed E-state index contributed by atoms with van der Waals surface area (Å²) >= 11 is 6.95. The average Bonchev–Trinajstić information content (AvgIpc) is 2.97. The molecule has 1 amide bonds. The Kier molecular flexibility index (Phi) is 3.86. The number of amides is 1. The molecule has 2 aromatic rings. The molecule has 1 saturated heterocycles. The smallest absolute Gasteiger partial charge is 0.261 e. The Hall–Kier alpha value is -1.60. The highest BCUT2D eigenvalue weighted by Crippen LogP contribution is 2.18. The van der Waals surface area contributed by atoms with E-state index in [-0.39, 0.29) is 17.5 Å². The minimum absolute atomic E-state index is 0.107. The van der Waals surface area contributed by atoms with Crippen LogP contribution < -0.4 is 10.9 Å². The van der Waals surface area contributed by atoms with Gasteiger partial charge in [0.25, 0.3) is 11.5 Å². The minimum Gasteiger partial charge on any atom is -0.348 e. The van der Waals surface area contributed by atoms with E-state index in [1.54, 1.807) is 25.2 Å². The van der Waals surface area contributed by atoms with E-state index >= 15 is 0 Å². The molecule has 0 radical (unpaired) electrons. The lowest BCUT2D eigenvalue weighted by Crippen LogP contribution is -2.34. The van der Waals surface area contributed by atoms with Gasteiger partial charge in [-0.25, -0.2) is 0 Å². The number of H-pyrrole nitrogens is 1. The van der Waals surface area contributed by atoms with Crippen LogP contribution in [0.3, 0.4) is 0 Å². The van der Waals surface area contributed by atoms with Crippen molar-refractivity contribution in [1.82, 2.24) is 14.9 Å². The van der Waals surface area contributed by atoms with Crippen LogP contribution in [0.15, 0.2) is 23.0 Å². The Morgan fingerprint density at radius 3 is 3.05 bits per heavy atom. The maximum absolute atomic E-state index is 12.2. The van der Waals surface area contributed by atoms with Gasteiger partial charge in [-0.1, -0.05) is 0 Å². The molecular formula is C14H15N3O2S2. The number of aromatic amines is 1. The van der Waals surface area contributed by atoms with Gasteiger partial charge in [-0.05, 0) is 42.6 Å². The number of hydrogen-bond donors (Lipinski definition) is 2. The van der Waals surface area contributed by atoms with Crippen molar-refractivity contribution in [2.45, 2.75) is 12.5 Å². The molecule has 0 saturated carbocycles. The molecule has 1 fully saturated rings. The monoisotopic (exact) mass is 321 g/mol. The number of rotatable bonds is 2. The van der Waals surface area contributed by atoms with Crippen molar-refractivity contribution in [3.63, 3.8) is 0 Å². The number of benzene rings is 1. The Labute approximate surface area is 130 Å². The predicted octanol–water partition coefficient (Wildman–Crippen LogP) is 1.83. The van der Waals surface area contributed by atoms with Crippen LogP contribution >= 0.6 is 24.0 Å². The first-order chi connectivity index (χ1) is 10.1. The lowest BCUT2D eigenvalue weighted by molar-refractivity contribution is 0.0941. The molecule has 0 spiro atoms. The van der Waals surface area contributed by atoms with Crippen LogP contribution in [-0.4, -0.2) is 33.0 Å². The molecule has 21 heavy (non-hydrogen) atoms. The van der Waals surface area contributed by atoms with E-state index in [2.05, 4.69) is 10.3 Å². The van der Waals surface area contributed by atoms with Crippen LogP contribution in [0.4, 0.5) is 0 Å². The fourth-order valence-corrected chi connectivity index (χ4v) is 3.71. The van der Waals surface area contributed by atoms with E-state index in [9.17, 15) is 9.59 Å². The van der Waals surface area contributed by atoms with Crippen LogP contribution in [-0.2, 0) is 7.05 Å². The second kappa shape index (κ2) is 5.65. The van der Waals surface area contributed by atoms with E-state index in [1.165, 1.54) is 4.57 Å². The van der Waals surface area contributed by atoms with Crippen molar-refractivity contribution < 1.29 is 4.79 Å². The Morgan fingerprint density at radius 1 is 1.52 bits per heavy atom. The van der Waals surface area contributed by atoms with E-state index < -0.39 is 0 Å². The second-order valence-electron chi connectivity index (χ2n) is 5.09. The first-order valence-corrected chi connectivity index (χ1v) is 8.24. The molecule has 1 unspecified atom stereocenters. The first kappa shape index (κ1) is 14.3. The summed E-state index contributed by atoms with van der Waals surface area (Å²) in [4.78, 5) is 27.3. The maximum Gasteiger partial charge on any atom is 0.261 e. The molecule has 7 heteroatoms. The molecule has 5 nitrogen and oxygen atoms in total. The van der Waals surface area contributed by atoms with Gasteiger partial charge in [0.15, 0.2) is 4.77 Å². The fourth-order valence-electron chi connectivity index (χ4n) is 2.36. The number of carbonyl (C=O) groups is 1. The highest BCUT2D eigenvalue weighted by atomic mass is 32.2. The summed E-state index contributed by atoms with van der Waals surface area (Å²) < 4.78 is 1.73. The quantitative estimate of drug-likeness (QED) is 0.828. The van der Waals surface area contributed by atoms with Gasteiger partial charge in [0, 0.05) is 24.4 Å². The summed E-state index contributed by atoms with van der Waals surface area (Å²) in [6.45, 7) is 0. The Bertz CT molecular complexity index is 819. The summed E-state index contributed by atoms with van der Waals surface area (Å²) in [6.07, 6.45) is 1.01. The normalized spacial score (nSPS) is 18.0. The van der Waals surface area contributed by atoms with E-state index in [0.717, 1.165) is 17.9 Å². The van der Waals surface area contributed by atoms with Crippen LogP contribution in [0.25, 0.3) is 10.9 Å². The van der Waals surface area contributed by atoms with Gasteiger partial charge in [-0.3, -0.25) is 14.2 Å². The van der Waals surface area contributed by atoms with Gasteiger partial charge in [0.2, 0.25) is 0 Å². The standard InChI is InChI=1S/C14H15N3O2S2/c1-17-13(19)10-3-2-8(6-11(10)16-14(17)20)12(18)15-9-4-5-21-7-9/h2-3,6,9H,4-5,7H2,1H3,(H,15,18)(H,16,20). The molecule has 110 valence electrons. The molecule has 2 N–H and O–H groups in total. The highest BCUT2D eigenvalue weighted by Gasteiger charge is 2.18. The van der Waals surface area contributed by atoms with Crippen LogP contribution in [0.5, 0.6) is 0 Å². The lowest BCUT2D eigenvalue weighted by Gasteiger charge is -2.11. The zero-order valence-electron chi connectivity index (χ0n) is 11.5. The van der Waals surface area contributed by atoms with Crippen LogP contribution in [0, 0.1) is 4.77 Å². The lowest BCUT2D eigenvalue weighted by atomic mass is 10.1. The zero-order chi connectivity index (χ0) is 15.0. The van der Waals surface area contributed by atoms with Gasteiger partial charge in [0.05, 0.1) is 10.9 Å². The van der Waals surface area contributed by atoms with Crippen molar-refractivity contribution in [2.24, 2.45) is 7.05 Å². The van der Waals surface area contributed by atoms with Crippen molar-refractivity contribution >= 4 is 40.8 Å². The molecule has 2 heterocycles. The van der Waals surface area contributed by atoms with E-state index in [0.29, 0.717) is 21.2 Å². The molecule has 3 rings (SSSR count). The summed E-state index contributed by atoms with van der Waals surface area (Å²) in [5.41, 5.74) is 0.975. The number of thioether (sulfide) groups is 1. The topological polar surface area (TPSA) is 66.9 Å². The maximum atomic E-state index is 12.2. The molecule has 1 aliphatic rings. The molecule has 1 aromatic heterocycles. The Balaban J connectivity index is 1.97. The third kappa shape index (κ3) is 2.75. The number of aromatic nitrogens is 2. The summed E-state index contributed by atoms with van der Waals surface area (Å²) in [6, 6.07) is 5.27. The van der Waals surface area contributed by atoms with Crippen molar-refractivity contribution in [3.8, 4) is 0 Å². The molecule has 0 bridgehead atoms. The van der Waals surface area contributed by atoms with Crippen molar-refractivity contribution in [1.29, 1.82) is 0 Å². The molecule has 0 aliphatic carbocycles. The highest BCUT2D eigenvalue weighted by molar-refractivity contribution is 7.99. The third-order valence-electron chi connectivity index (χ3n) is 3.63. The molecule has 1 aliphatic heterocycles. The fraction of sp³-hybridized carbons (Fsp3) is 0.357. The number of nitrogens with zero attached hydrogens (tertiary/aromatic N) is 1. The second-order valence-corrected chi connectivity index (χ2v) is 6.63.